The van der Waals surface area contributed by atoms with Crippen LogP contribution in [0.3, 0.4) is 0 Å². The third kappa shape index (κ3) is 20.3. The highest BCUT2D eigenvalue weighted by atomic mass is 16.2. The summed E-state index contributed by atoms with van der Waals surface area (Å²) in [5, 5.41) is 4.37. The smallest absolute Gasteiger partial charge is 0.328 e. The lowest BCUT2D eigenvalue weighted by atomic mass is 9.97. The van der Waals surface area contributed by atoms with Crippen molar-refractivity contribution in [1.82, 2.24) is 10.6 Å². The lowest BCUT2D eigenvalue weighted by Crippen LogP contribution is -2.51. The maximum Gasteiger partial charge on any atom is 0.328 e. The molecule has 0 aromatic heterocycles. The molecule has 2 rings (SSSR count). The van der Waals surface area contributed by atoms with E-state index in [1.165, 1.54) is 185 Å². The van der Waals surface area contributed by atoms with Crippen molar-refractivity contribution in [2.75, 3.05) is 18.0 Å². The molecule has 51 heavy (non-hydrogen) atoms. The minimum absolute atomic E-state index is 0.0322. The Morgan fingerprint density at radius 3 is 1.08 bits per heavy atom. The number of nitrogens with one attached hydrogen (secondary N) is 2. The zero-order valence-electron chi connectivity index (χ0n) is 33.6. The summed E-state index contributed by atoms with van der Waals surface area (Å²) < 4.78 is 0. The summed E-state index contributed by atoms with van der Waals surface area (Å²) in [5.74, 6) is -1.30. The fraction of sp³-hybridized carbons (Fsp3) is 0.756. The monoisotopic (exact) mass is 708 g/mol. The molecule has 1 aliphatic rings. The highest BCUT2D eigenvalue weighted by molar-refractivity contribution is 6.31. The van der Waals surface area contributed by atoms with Crippen LogP contribution in [-0.4, -0.2) is 30.9 Å². The normalized spacial score (nSPS) is 13.1. The van der Waals surface area contributed by atoms with Gasteiger partial charge >= 0.3 is 6.03 Å². The van der Waals surface area contributed by atoms with Crippen molar-refractivity contribution in [3.8, 4) is 0 Å². The van der Waals surface area contributed by atoms with Gasteiger partial charge in [0.2, 0.25) is 0 Å². The zero-order valence-corrected chi connectivity index (χ0v) is 33.6. The number of hydrogen-bond donors (Lipinski definition) is 2. The van der Waals surface area contributed by atoms with Gasteiger partial charge in [-0.25, -0.2) is 4.79 Å². The van der Waals surface area contributed by atoms with Crippen molar-refractivity contribution in [2.45, 2.75) is 207 Å². The maximum atomic E-state index is 12.4. The first-order valence-electron chi connectivity index (χ1n) is 21.6. The highest BCUT2D eigenvalue weighted by Gasteiger charge is 2.28. The number of aryl methyl sites for hydroxylation is 2. The first-order valence-corrected chi connectivity index (χ1v) is 21.6. The lowest BCUT2D eigenvalue weighted by Gasteiger charge is -2.27. The molecule has 2 N–H and O–H groups in total. The molecule has 1 heterocycles. The average molecular weight is 708 g/mol. The number of nitrogens with zero attached hydrogens (tertiary/aromatic N) is 1. The van der Waals surface area contributed by atoms with E-state index in [9.17, 15) is 14.4 Å². The van der Waals surface area contributed by atoms with E-state index in [-0.39, 0.29) is 5.57 Å². The highest BCUT2D eigenvalue weighted by Crippen LogP contribution is 2.27. The van der Waals surface area contributed by atoms with Crippen molar-refractivity contribution in [1.29, 1.82) is 0 Å². The van der Waals surface area contributed by atoms with Gasteiger partial charge in [-0.15, -0.1) is 0 Å². The quantitative estimate of drug-likeness (QED) is 0.0444. The number of carbonyl (C=O) groups is 3. The fourth-order valence-electron chi connectivity index (χ4n) is 7.48. The molecule has 1 aliphatic heterocycles. The van der Waals surface area contributed by atoms with E-state index < -0.39 is 17.8 Å². The minimum Gasteiger partial charge on any atom is -0.372 e. The Hall–Kier alpha value is -2.63. The molecule has 6 heteroatoms. The molecule has 4 amide bonds. The molecule has 0 aliphatic carbocycles. The van der Waals surface area contributed by atoms with E-state index in [0.29, 0.717) is 0 Å². The number of urea groups is 1. The molecule has 1 fully saturated rings. The Labute approximate surface area is 313 Å². The summed E-state index contributed by atoms with van der Waals surface area (Å²) in [6, 6.07) is 3.64. The van der Waals surface area contributed by atoms with Gasteiger partial charge in [0.1, 0.15) is 5.57 Å². The Balaban J connectivity index is 1.81. The molecular weight excluding hydrogens is 631 g/mol. The summed E-state index contributed by atoms with van der Waals surface area (Å²) in [4.78, 5) is 38.8. The predicted octanol–water partition coefficient (Wildman–Crippen LogP) is 12.8. The molecule has 0 bridgehead atoms. The first kappa shape index (κ1) is 44.5. The van der Waals surface area contributed by atoms with Crippen LogP contribution in [0.5, 0.6) is 0 Å². The van der Waals surface area contributed by atoms with Gasteiger partial charge in [0.25, 0.3) is 11.8 Å². The lowest BCUT2D eigenvalue weighted by molar-refractivity contribution is -0.123. The van der Waals surface area contributed by atoms with Gasteiger partial charge in [0, 0.05) is 18.8 Å². The maximum absolute atomic E-state index is 12.4. The van der Waals surface area contributed by atoms with E-state index in [1.54, 1.807) is 6.08 Å². The van der Waals surface area contributed by atoms with Gasteiger partial charge < -0.3 is 4.90 Å². The van der Waals surface area contributed by atoms with Crippen LogP contribution in [0.25, 0.3) is 6.08 Å². The Morgan fingerprint density at radius 2 is 0.765 bits per heavy atom. The molecule has 1 aromatic rings. The second kappa shape index (κ2) is 28.9. The predicted molar refractivity (Wildman–Crippen MR) is 218 cm³/mol. The third-order valence-corrected chi connectivity index (χ3v) is 10.7. The molecule has 0 radical (unpaired) electrons. The molecule has 0 atom stereocenters. The third-order valence-electron chi connectivity index (χ3n) is 10.7. The van der Waals surface area contributed by atoms with Crippen LogP contribution in [0.2, 0.25) is 0 Å². The van der Waals surface area contributed by atoms with E-state index in [1.807, 2.05) is 13.8 Å². The van der Waals surface area contributed by atoms with Gasteiger partial charge in [-0.3, -0.25) is 20.2 Å². The second-order valence-electron chi connectivity index (χ2n) is 15.5. The summed E-state index contributed by atoms with van der Waals surface area (Å²) in [6.07, 6.45) is 39.9. The fourth-order valence-corrected chi connectivity index (χ4v) is 7.48. The van der Waals surface area contributed by atoms with Crippen LogP contribution >= 0.6 is 0 Å². The Bertz CT molecular complexity index is 1070. The van der Waals surface area contributed by atoms with Gasteiger partial charge in [-0.05, 0) is 61.6 Å². The number of barbiturate groups is 1. The first-order chi connectivity index (χ1) is 24.9. The average Bonchev–Trinajstić information content (AvgIpc) is 3.10. The van der Waals surface area contributed by atoms with Gasteiger partial charge in [-0.1, -0.05) is 181 Å². The van der Waals surface area contributed by atoms with E-state index in [0.717, 1.165) is 29.8 Å². The molecule has 0 unspecified atom stereocenters. The number of benzene rings is 1. The van der Waals surface area contributed by atoms with Crippen molar-refractivity contribution >= 4 is 29.6 Å². The largest absolute Gasteiger partial charge is 0.372 e. The van der Waals surface area contributed by atoms with Gasteiger partial charge in [0.05, 0.1) is 0 Å². The summed E-state index contributed by atoms with van der Waals surface area (Å²) in [6.45, 7) is 10.8. The number of carbonyl (C=O) groups excluding carboxylic acids is 3. The molecule has 1 aromatic carbocycles. The van der Waals surface area contributed by atoms with E-state index in [4.69, 9.17) is 0 Å². The number of imide groups is 2. The molecule has 0 saturated carbocycles. The van der Waals surface area contributed by atoms with E-state index in [2.05, 4.69) is 41.5 Å². The van der Waals surface area contributed by atoms with Crippen molar-refractivity contribution < 1.29 is 14.4 Å². The molecule has 290 valence electrons. The number of hydrogen-bond acceptors (Lipinski definition) is 4. The van der Waals surface area contributed by atoms with Crippen molar-refractivity contribution in [3.05, 3.63) is 34.4 Å². The number of unbranched alkanes of at least 4 members (excludes halogenated alkanes) is 26. The SMILES string of the molecule is CCCCCCCCCCCCCCCCN(CCCCCCCCCCCCCCCC)c1cc(C)c(C=C2C(=O)NC(=O)NC2=O)c(C)c1. The molecule has 0 spiro atoms. The molecule has 1 saturated heterocycles. The van der Waals surface area contributed by atoms with Crippen LogP contribution in [0.15, 0.2) is 17.7 Å². The number of amides is 4. The number of rotatable bonds is 32. The minimum atomic E-state index is -0.770. The van der Waals surface area contributed by atoms with E-state index >= 15 is 0 Å². The topological polar surface area (TPSA) is 78.5 Å². The summed E-state index contributed by atoms with van der Waals surface area (Å²) in [7, 11) is 0. The van der Waals surface area contributed by atoms with Crippen LogP contribution < -0.4 is 15.5 Å². The molecular formula is C45H77N3O3. The Kier molecular flexibility index (Phi) is 25.2. The van der Waals surface area contributed by atoms with Gasteiger partial charge in [0.15, 0.2) is 0 Å². The Morgan fingerprint density at radius 1 is 0.471 bits per heavy atom. The van der Waals surface area contributed by atoms with Crippen molar-refractivity contribution in [3.63, 3.8) is 0 Å². The van der Waals surface area contributed by atoms with Crippen LogP contribution in [0.1, 0.15) is 210 Å². The van der Waals surface area contributed by atoms with Crippen LogP contribution in [0.4, 0.5) is 10.5 Å². The standard InChI is InChI=1S/C45H77N3O3/c1-5-7-9-11-13-15-17-19-21-23-25-27-29-31-33-48(34-32-30-28-26-24-22-20-18-16-14-12-10-8-6-2)40-35-38(3)41(39(4)36-40)37-42-43(49)46-45(51)47-44(42)50/h35-37H,5-34H2,1-4H3,(H2,46,47,49,50,51). The zero-order chi connectivity index (χ0) is 36.9. The molecule has 6 nitrogen and oxygen atoms in total. The number of anilines is 1. The van der Waals surface area contributed by atoms with Gasteiger partial charge in [-0.2, -0.15) is 0 Å². The van der Waals surface area contributed by atoms with Crippen molar-refractivity contribution in [2.24, 2.45) is 0 Å². The summed E-state index contributed by atoms with van der Waals surface area (Å²) in [5.41, 5.74) is 4.12. The van der Waals surface area contributed by atoms with Crippen LogP contribution in [0, 0.1) is 13.8 Å². The summed E-state index contributed by atoms with van der Waals surface area (Å²) >= 11 is 0. The van der Waals surface area contributed by atoms with Crippen LogP contribution in [-0.2, 0) is 9.59 Å². The second-order valence-corrected chi connectivity index (χ2v) is 15.5.